The number of benzene rings is 2. The normalized spacial score (nSPS) is 14.9. The average Bonchev–Trinajstić information content (AvgIpc) is 3.05. The molecule has 1 aliphatic heterocycles. The molecule has 28 heavy (non-hydrogen) atoms. The van der Waals surface area contributed by atoms with Crippen LogP contribution >= 0.6 is 12.4 Å². The first kappa shape index (κ1) is 20.7. The van der Waals surface area contributed by atoms with Gasteiger partial charge in [0.1, 0.15) is 12.4 Å². The fourth-order valence-electron chi connectivity index (χ4n) is 3.26. The van der Waals surface area contributed by atoms with Crippen molar-refractivity contribution >= 4 is 33.2 Å². The summed E-state index contributed by atoms with van der Waals surface area (Å²) in [6.07, 6.45) is 0.0568. The summed E-state index contributed by atoms with van der Waals surface area (Å²) in [5.74, 6) is 1.18. The molecule has 8 heteroatoms. The van der Waals surface area contributed by atoms with E-state index in [0.717, 1.165) is 29.7 Å². The number of halogens is 1. The predicted molar refractivity (Wildman–Crippen MR) is 108 cm³/mol. The van der Waals surface area contributed by atoms with Crippen molar-refractivity contribution in [3.63, 3.8) is 0 Å². The van der Waals surface area contributed by atoms with Crippen LogP contribution in [-0.4, -0.2) is 32.8 Å². The van der Waals surface area contributed by atoms with Gasteiger partial charge in [-0.3, -0.25) is 0 Å². The van der Waals surface area contributed by atoms with Gasteiger partial charge in [0.05, 0.1) is 15.9 Å². The number of sulfone groups is 1. The van der Waals surface area contributed by atoms with Crippen LogP contribution in [0.5, 0.6) is 5.75 Å². The third kappa shape index (κ3) is 3.75. The van der Waals surface area contributed by atoms with Crippen molar-refractivity contribution in [1.29, 1.82) is 0 Å². The zero-order valence-corrected chi connectivity index (χ0v) is 17.0. The molecule has 3 aromatic rings. The highest BCUT2D eigenvalue weighted by atomic mass is 35.5. The van der Waals surface area contributed by atoms with Crippen LogP contribution < -0.4 is 10.1 Å². The van der Waals surface area contributed by atoms with Gasteiger partial charge in [0.25, 0.3) is 0 Å². The lowest BCUT2D eigenvalue weighted by Crippen LogP contribution is -2.22. The second kappa shape index (κ2) is 8.13. The Balaban J connectivity index is 0.00000225. The molecular formula is C20H22ClNO5S. The molecule has 2 heterocycles. The van der Waals surface area contributed by atoms with E-state index in [9.17, 15) is 13.5 Å². The quantitative estimate of drug-likeness (QED) is 0.655. The van der Waals surface area contributed by atoms with Crippen LogP contribution in [-0.2, 0) is 22.8 Å². The van der Waals surface area contributed by atoms with Gasteiger partial charge in [0, 0.05) is 36.5 Å². The molecule has 1 aromatic heterocycles. The third-order valence-electron chi connectivity index (χ3n) is 4.59. The van der Waals surface area contributed by atoms with Gasteiger partial charge < -0.3 is 19.6 Å². The van der Waals surface area contributed by atoms with E-state index in [-0.39, 0.29) is 28.8 Å². The molecule has 6 nitrogen and oxygen atoms in total. The van der Waals surface area contributed by atoms with Crippen molar-refractivity contribution in [2.75, 3.05) is 13.2 Å². The Morgan fingerprint density at radius 1 is 1.21 bits per heavy atom. The van der Waals surface area contributed by atoms with Gasteiger partial charge in [-0.05, 0) is 25.1 Å². The summed E-state index contributed by atoms with van der Waals surface area (Å²) in [4.78, 5) is 0.372. The van der Waals surface area contributed by atoms with Crippen molar-refractivity contribution in [3.05, 3.63) is 53.8 Å². The van der Waals surface area contributed by atoms with Crippen molar-refractivity contribution in [1.82, 2.24) is 5.32 Å². The van der Waals surface area contributed by atoms with E-state index >= 15 is 0 Å². The molecule has 0 aliphatic carbocycles. The minimum Gasteiger partial charge on any atom is -0.487 e. The number of hydrogen-bond acceptors (Lipinski definition) is 6. The molecule has 0 spiro atoms. The molecule has 2 aromatic carbocycles. The van der Waals surface area contributed by atoms with Crippen LogP contribution in [0.2, 0.25) is 0 Å². The summed E-state index contributed by atoms with van der Waals surface area (Å²) in [7, 11) is -3.70. The Hall–Kier alpha value is -2.06. The lowest BCUT2D eigenvalue weighted by molar-refractivity contribution is 0.123. The van der Waals surface area contributed by atoms with Crippen LogP contribution in [0.25, 0.3) is 11.0 Å². The largest absolute Gasteiger partial charge is 0.487 e. The molecule has 1 aliphatic rings. The van der Waals surface area contributed by atoms with Gasteiger partial charge in [0.15, 0.2) is 11.3 Å². The number of aliphatic hydroxyl groups is 1. The van der Waals surface area contributed by atoms with E-state index in [0.29, 0.717) is 17.9 Å². The summed E-state index contributed by atoms with van der Waals surface area (Å²) < 4.78 is 37.9. The number of aliphatic hydroxyl groups excluding tert-OH is 1. The number of furan rings is 1. The lowest BCUT2D eigenvalue weighted by atomic mass is 10.1. The summed E-state index contributed by atoms with van der Waals surface area (Å²) in [6, 6.07) is 11.4. The third-order valence-corrected chi connectivity index (χ3v) is 6.34. The Morgan fingerprint density at radius 2 is 1.96 bits per heavy atom. The van der Waals surface area contributed by atoms with Gasteiger partial charge in [-0.1, -0.05) is 18.2 Å². The Bertz CT molecular complexity index is 1080. The van der Waals surface area contributed by atoms with Crippen LogP contribution in [0.15, 0.2) is 56.7 Å². The van der Waals surface area contributed by atoms with E-state index in [4.69, 9.17) is 9.15 Å². The zero-order chi connectivity index (χ0) is 19.0. The van der Waals surface area contributed by atoms with Crippen LogP contribution in [0.1, 0.15) is 18.2 Å². The van der Waals surface area contributed by atoms with Crippen molar-refractivity contribution < 1.29 is 22.7 Å². The molecule has 0 bridgehead atoms. The predicted octanol–water partition coefficient (Wildman–Crippen LogP) is 3.09. The van der Waals surface area contributed by atoms with E-state index in [1.54, 1.807) is 43.3 Å². The monoisotopic (exact) mass is 423 g/mol. The molecule has 2 N–H and O–H groups in total. The first-order valence-corrected chi connectivity index (χ1v) is 10.3. The Labute approximate surface area is 169 Å². The van der Waals surface area contributed by atoms with Gasteiger partial charge in [-0.25, -0.2) is 8.42 Å². The summed E-state index contributed by atoms with van der Waals surface area (Å²) in [6.45, 7) is 3.09. The zero-order valence-electron chi connectivity index (χ0n) is 15.3. The second-order valence-electron chi connectivity index (χ2n) is 6.71. The highest BCUT2D eigenvalue weighted by Gasteiger charge is 2.25. The second-order valence-corrected chi connectivity index (χ2v) is 8.65. The number of rotatable bonds is 5. The fraction of sp³-hybridized carbons (Fsp3) is 0.300. The number of fused-ring (bicyclic) bond motifs is 3. The summed E-state index contributed by atoms with van der Waals surface area (Å²) in [5.41, 5.74) is 1.49. The molecular weight excluding hydrogens is 402 g/mol. The first-order chi connectivity index (χ1) is 13.0. The van der Waals surface area contributed by atoms with E-state index in [2.05, 4.69) is 5.32 Å². The van der Waals surface area contributed by atoms with Crippen LogP contribution in [0, 0.1) is 0 Å². The maximum Gasteiger partial charge on any atom is 0.206 e. The summed E-state index contributed by atoms with van der Waals surface area (Å²) in [5, 5.41) is 13.6. The minimum absolute atomic E-state index is 0. The molecule has 1 atom stereocenters. The smallest absolute Gasteiger partial charge is 0.206 e. The first-order valence-electron chi connectivity index (χ1n) is 8.87. The Morgan fingerprint density at radius 3 is 2.68 bits per heavy atom. The number of ether oxygens (including phenoxy) is 1. The van der Waals surface area contributed by atoms with Crippen LogP contribution in [0.4, 0.5) is 0 Å². The average molecular weight is 424 g/mol. The maximum atomic E-state index is 13.1. The van der Waals surface area contributed by atoms with E-state index in [1.807, 2.05) is 0 Å². The van der Waals surface area contributed by atoms with Gasteiger partial charge >= 0.3 is 0 Å². The number of nitrogens with one attached hydrogen (secondary N) is 1. The van der Waals surface area contributed by atoms with E-state index in [1.165, 1.54) is 6.07 Å². The molecule has 4 rings (SSSR count). The molecule has 0 radical (unpaired) electrons. The topological polar surface area (TPSA) is 88.8 Å². The van der Waals surface area contributed by atoms with Crippen molar-refractivity contribution in [2.45, 2.75) is 35.8 Å². The highest BCUT2D eigenvalue weighted by Crippen LogP contribution is 2.38. The standard InChI is InChI=1S/C20H21NO5S.ClH/c1-13(22)12-25-19-10-15(27(23,24)14-5-3-2-4-6-14)9-16-17-11-21-8-7-18(17)26-20(16)19;/h2-6,9-10,13,21-22H,7-8,11-12H2,1H3;1H. The summed E-state index contributed by atoms with van der Waals surface area (Å²) >= 11 is 0. The van der Waals surface area contributed by atoms with Crippen LogP contribution in [0.3, 0.4) is 0 Å². The molecule has 1 unspecified atom stereocenters. The minimum atomic E-state index is -3.70. The lowest BCUT2D eigenvalue weighted by Gasteiger charge is -2.12. The SMILES string of the molecule is CC(O)COc1cc(S(=O)(=O)c2ccccc2)cc2c3c(oc12)CCNC3.Cl. The highest BCUT2D eigenvalue weighted by molar-refractivity contribution is 7.91. The van der Waals surface area contributed by atoms with Gasteiger partial charge in [-0.15, -0.1) is 12.4 Å². The van der Waals surface area contributed by atoms with Crippen molar-refractivity contribution in [2.24, 2.45) is 0 Å². The Kier molecular flexibility index (Phi) is 6.00. The molecule has 0 saturated carbocycles. The number of hydrogen-bond donors (Lipinski definition) is 2. The van der Waals surface area contributed by atoms with Crippen molar-refractivity contribution in [3.8, 4) is 5.75 Å². The van der Waals surface area contributed by atoms with Gasteiger partial charge in [0.2, 0.25) is 9.84 Å². The molecule has 0 fully saturated rings. The molecule has 0 amide bonds. The molecule has 0 saturated heterocycles. The molecule has 150 valence electrons. The maximum absolute atomic E-state index is 13.1. The van der Waals surface area contributed by atoms with E-state index < -0.39 is 15.9 Å². The van der Waals surface area contributed by atoms with Gasteiger partial charge in [-0.2, -0.15) is 0 Å². The fourth-order valence-corrected chi connectivity index (χ4v) is 4.58.